The average molecular weight is 324 g/mol. The van der Waals surface area contributed by atoms with Crippen LogP contribution < -0.4 is 10.6 Å². The molecular weight excluding hydrogens is 304 g/mol. The second-order valence-electron chi connectivity index (χ2n) is 6.59. The zero-order valence-corrected chi connectivity index (χ0v) is 13.3. The number of H-pyrrole nitrogens is 1. The first-order valence-electron chi connectivity index (χ1n) is 8.44. The van der Waals surface area contributed by atoms with Gasteiger partial charge < -0.3 is 10.6 Å². The van der Waals surface area contributed by atoms with Crippen LogP contribution in [-0.4, -0.2) is 22.0 Å². The van der Waals surface area contributed by atoms with Gasteiger partial charge in [-0.2, -0.15) is 5.10 Å². The predicted molar refractivity (Wildman–Crippen MR) is 90.7 cm³/mol. The third kappa shape index (κ3) is 2.79. The van der Waals surface area contributed by atoms with Crippen molar-refractivity contribution >= 4 is 23.2 Å². The molecule has 124 valence electrons. The lowest BCUT2D eigenvalue weighted by Gasteiger charge is -2.25. The molecule has 6 nitrogen and oxygen atoms in total. The van der Waals surface area contributed by atoms with Crippen molar-refractivity contribution in [3.63, 3.8) is 0 Å². The van der Waals surface area contributed by atoms with E-state index in [0.29, 0.717) is 6.42 Å². The number of hydrogen-bond acceptors (Lipinski definition) is 3. The summed E-state index contributed by atoms with van der Waals surface area (Å²) < 4.78 is 0. The number of hydrogen-bond donors (Lipinski definition) is 3. The van der Waals surface area contributed by atoms with E-state index in [1.807, 2.05) is 24.3 Å². The fourth-order valence-corrected chi connectivity index (χ4v) is 3.71. The lowest BCUT2D eigenvalue weighted by atomic mass is 9.88. The number of rotatable bonds is 3. The topological polar surface area (TPSA) is 86.9 Å². The van der Waals surface area contributed by atoms with E-state index in [-0.39, 0.29) is 23.7 Å². The summed E-state index contributed by atoms with van der Waals surface area (Å²) in [4.78, 5) is 24.3. The molecule has 24 heavy (non-hydrogen) atoms. The molecule has 2 amide bonds. The second-order valence-corrected chi connectivity index (χ2v) is 6.59. The summed E-state index contributed by atoms with van der Waals surface area (Å²) in [6.45, 7) is 0. The Kier molecular flexibility index (Phi) is 3.80. The van der Waals surface area contributed by atoms with Gasteiger partial charge in [-0.05, 0) is 36.6 Å². The number of nitrogens with one attached hydrogen (secondary N) is 3. The number of nitrogens with zero attached hydrogens (tertiary/aromatic N) is 1. The zero-order chi connectivity index (χ0) is 16.5. The quantitative estimate of drug-likeness (QED) is 0.811. The first-order chi connectivity index (χ1) is 11.7. The van der Waals surface area contributed by atoms with Crippen LogP contribution in [0.1, 0.15) is 49.3 Å². The Balaban J connectivity index is 1.59. The Labute approximate surface area is 140 Å². The Bertz CT molecular complexity index is 763. The van der Waals surface area contributed by atoms with Crippen LogP contribution in [-0.2, 0) is 9.59 Å². The normalized spacial score (nSPS) is 20.5. The fourth-order valence-electron chi connectivity index (χ4n) is 3.71. The first kappa shape index (κ1) is 14.9. The lowest BCUT2D eigenvalue weighted by molar-refractivity contribution is -0.119. The van der Waals surface area contributed by atoms with E-state index in [0.717, 1.165) is 48.3 Å². The maximum absolute atomic E-state index is 12.3. The standard InChI is InChI=1S/C18H20N4O2/c23-17-10-14(15-7-8-19-22-15)13-6-5-12(9-16(13)21-17)20-18(24)11-3-1-2-4-11/h5-9,11,14H,1-4,10H2,(H,19,22)(H,20,24)(H,21,23). The van der Waals surface area contributed by atoms with Gasteiger partial charge in [-0.1, -0.05) is 18.9 Å². The highest BCUT2D eigenvalue weighted by Crippen LogP contribution is 2.37. The molecule has 1 aromatic carbocycles. The Morgan fingerprint density at radius 3 is 2.79 bits per heavy atom. The van der Waals surface area contributed by atoms with E-state index in [2.05, 4.69) is 20.8 Å². The molecule has 1 aliphatic heterocycles. The van der Waals surface area contributed by atoms with Crippen molar-refractivity contribution in [2.45, 2.75) is 38.0 Å². The molecule has 1 saturated carbocycles. The molecular formula is C18H20N4O2. The number of carbonyl (C=O) groups is 2. The molecule has 1 unspecified atom stereocenters. The van der Waals surface area contributed by atoms with Crippen molar-refractivity contribution in [3.8, 4) is 0 Å². The highest BCUT2D eigenvalue weighted by molar-refractivity contribution is 5.98. The number of aromatic amines is 1. The monoisotopic (exact) mass is 324 g/mol. The van der Waals surface area contributed by atoms with Gasteiger partial charge in [0.1, 0.15) is 0 Å². The molecule has 4 rings (SSSR count). The van der Waals surface area contributed by atoms with Gasteiger partial charge in [-0.3, -0.25) is 14.7 Å². The van der Waals surface area contributed by atoms with Gasteiger partial charge in [-0.25, -0.2) is 0 Å². The highest BCUT2D eigenvalue weighted by Gasteiger charge is 2.28. The van der Waals surface area contributed by atoms with Crippen LogP contribution in [0.15, 0.2) is 30.5 Å². The number of fused-ring (bicyclic) bond motifs is 1. The number of carbonyl (C=O) groups excluding carboxylic acids is 2. The van der Waals surface area contributed by atoms with Crippen molar-refractivity contribution in [2.75, 3.05) is 10.6 Å². The summed E-state index contributed by atoms with van der Waals surface area (Å²) >= 11 is 0. The third-order valence-corrected chi connectivity index (χ3v) is 4.98. The summed E-state index contributed by atoms with van der Waals surface area (Å²) in [7, 11) is 0. The number of amides is 2. The van der Waals surface area contributed by atoms with Gasteiger partial charge >= 0.3 is 0 Å². The van der Waals surface area contributed by atoms with Crippen molar-refractivity contribution in [2.24, 2.45) is 5.92 Å². The van der Waals surface area contributed by atoms with E-state index < -0.39 is 0 Å². The molecule has 0 spiro atoms. The van der Waals surface area contributed by atoms with E-state index >= 15 is 0 Å². The SMILES string of the molecule is O=C1CC(c2ccn[nH]2)c2ccc(NC(=O)C3CCCC3)cc2N1. The van der Waals surface area contributed by atoms with E-state index in [1.165, 1.54) is 0 Å². The largest absolute Gasteiger partial charge is 0.326 e. The van der Waals surface area contributed by atoms with Crippen LogP contribution >= 0.6 is 0 Å². The van der Waals surface area contributed by atoms with Crippen LogP contribution in [0.2, 0.25) is 0 Å². The van der Waals surface area contributed by atoms with E-state index in [4.69, 9.17) is 0 Å². The Morgan fingerprint density at radius 1 is 1.21 bits per heavy atom. The summed E-state index contributed by atoms with van der Waals surface area (Å²) in [6.07, 6.45) is 6.28. The fraction of sp³-hybridized carbons (Fsp3) is 0.389. The van der Waals surface area contributed by atoms with Crippen LogP contribution in [0.3, 0.4) is 0 Å². The van der Waals surface area contributed by atoms with Crippen LogP contribution in [0.25, 0.3) is 0 Å². The van der Waals surface area contributed by atoms with Gasteiger partial charge in [0.15, 0.2) is 0 Å². The molecule has 1 aliphatic carbocycles. The van der Waals surface area contributed by atoms with Gasteiger partial charge in [0, 0.05) is 41.5 Å². The third-order valence-electron chi connectivity index (χ3n) is 4.98. The number of aromatic nitrogens is 2. The average Bonchev–Trinajstić information content (AvgIpc) is 3.27. The van der Waals surface area contributed by atoms with E-state index in [1.54, 1.807) is 6.20 Å². The molecule has 1 fully saturated rings. The minimum atomic E-state index is -0.0316. The minimum Gasteiger partial charge on any atom is -0.326 e. The predicted octanol–water partition coefficient (Wildman–Crippen LogP) is 3.01. The summed E-state index contributed by atoms with van der Waals surface area (Å²) in [5.41, 5.74) is 3.46. The van der Waals surface area contributed by atoms with Crippen LogP contribution in [0, 0.1) is 5.92 Å². The molecule has 0 saturated heterocycles. The molecule has 0 radical (unpaired) electrons. The minimum absolute atomic E-state index is 0.0265. The number of benzene rings is 1. The van der Waals surface area contributed by atoms with Gasteiger partial charge in [0.25, 0.3) is 0 Å². The summed E-state index contributed by atoms with van der Waals surface area (Å²) in [6, 6.07) is 7.63. The molecule has 0 bridgehead atoms. The van der Waals surface area contributed by atoms with E-state index in [9.17, 15) is 9.59 Å². The van der Waals surface area contributed by atoms with Gasteiger partial charge in [-0.15, -0.1) is 0 Å². The smallest absolute Gasteiger partial charge is 0.227 e. The number of anilines is 2. The molecule has 2 heterocycles. The Morgan fingerprint density at radius 2 is 2.04 bits per heavy atom. The van der Waals surface area contributed by atoms with Crippen molar-refractivity contribution < 1.29 is 9.59 Å². The molecule has 2 aliphatic rings. The molecule has 1 aromatic heterocycles. The summed E-state index contributed by atoms with van der Waals surface area (Å²) in [5, 5.41) is 12.8. The van der Waals surface area contributed by atoms with Gasteiger partial charge in [0.2, 0.25) is 11.8 Å². The highest BCUT2D eigenvalue weighted by atomic mass is 16.2. The first-order valence-corrected chi connectivity index (χ1v) is 8.44. The van der Waals surface area contributed by atoms with Crippen molar-refractivity contribution in [3.05, 3.63) is 41.7 Å². The van der Waals surface area contributed by atoms with Crippen LogP contribution in [0.4, 0.5) is 11.4 Å². The van der Waals surface area contributed by atoms with Gasteiger partial charge in [0.05, 0.1) is 0 Å². The second kappa shape index (κ2) is 6.11. The lowest BCUT2D eigenvalue weighted by Crippen LogP contribution is -2.24. The van der Waals surface area contributed by atoms with Crippen molar-refractivity contribution in [1.82, 2.24) is 10.2 Å². The van der Waals surface area contributed by atoms with Crippen LogP contribution in [0.5, 0.6) is 0 Å². The molecule has 6 heteroatoms. The maximum atomic E-state index is 12.3. The summed E-state index contributed by atoms with van der Waals surface area (Å²) in [5.74, 6) is 0.144. The molecule has 3 N–H and O–H groups in total. The molecule has 1 atom stereocenters. The van der Waals surface area contributed by atoms with Crippen molar-refractivity contribution in [1.29, 1.82) is 0 Å². The molecule has 2 aromatic rings. The maximum Gasteiger partial charge on any atom is 0.227 e. The Hall–Kier alpha value is -2.63. The zero-order valence-electron chi connectivity index (χ0n) is 13.3.